The Morgan fingerprint density at radius 1 is 0.250 bits per heavy atom. The van der Waals surface area contributed by atoms with Gasteiger partial charge in [0.25, 0.3) is 0 Å². The van der Waals surface area contributed by atoms with Gasteiger partial charge in [-0.1, -0.05) is 116 Å². The smallest absolute Gasteiger partial charge is 0.0386 e. The lowest BCUT2D eigenvalue weighted by atomic mass is 9.77. The fourth-order valence-electron chi connectivity index (χ4n) is 4.63. The number of hydrogen-bond acceptors (Lipinski definition) is 0. The van der Waals surface area contributed by atoms with Gasteiger partial charge in [0, 0.05) is 0 Å². The van der Waals surface area contributed by atoms with E-state index in [9.17, 15) is 0 Å². The van der Waals surface area contributed by atoms with Gasteiger partial charge in [0.05, 0.1) is 0 Å². The Morgan fingerprint density at radius 3 is 0.700 bits per heavy atom. The second kappa shape index (κ2) is 10.7. The van der Waals surface area contributed by atoms with Crippen molar-refractivity contribution in [2.24, 2.45) is 11.8 Å². The average Bonchev–Trinajstić information content (AvgIpc) is 2.46. The van der Waals surface area contributed by atoms with Crippen molar-refractivity contribution in [3.63, 3.8) is 0 Å². The van der Waals surface area contributed by atoms with Crippen molar-refractivity contribution >= 4 is 0 Å². The summed E-state index contributed by atoms with van der Waals surface area (Å²) in [5.41, 5.74) is 0. The van der Waals surface area contributed by atoms with E-state index in [-0.39, 0.29) is 0 Å². The largest absolute Gasteiger partial charge is 0.0533 e. The minimum Gasteiger partial charge on any atom is -0.0533 e. The summed E-state index contributed by atoms with van der Waals surface area (Å²) in [7, 11) is 0. The molecule has 2 rings (SSSR count). The Hall–Kier alpha value is 0. The van der Waals surface area contributed by atoms with Gasteiger partial charge in [0.2, 0.25) is 0 Å². The van der Waals surface area contributed by atoms with E-state index in [2.05, 4.69) is 0 Å². The van der Waals surface area contributed by atoms with E-state index in [4.69, 9.17) is 0 Å². The first-order valence-corrected chi connectivity index (χ1v) is 9.97. The van der Waals surface area contributed by atoms with Crippen LogP contribution in [0.25, 0.3) is 0 Å². The molecule has 0 nitrogen and oxygen atoms in total. The van der Waals surface area contributed by atoms with Gasteiger partial charge >= 0.3 is 0 Å². The minimum absolute atomic E-state index is 1.09. The zero-order valence-electron chi connectivity index (χ0n) is 13.9. The molecule has 118 valence electrons. The second-order valence-electron chi connectivity index (χ2n) is 7.62. The van der Waals surface area contributed by atoms with Crippen LogP contribution in [0.1, 0.15) is 116 Å². The Morgan fingerprint density at radius 2 is 0.450 bits per heavy atom. The van der Waals surface area contributed by atoms with Crippen molar-refractivity contribution in [1.82, 2.24) is 0 Å². The molecule has 20 heavy (non-hydrogen) atoms. The fourth-order valence-corrected chi connectivity index (χ4v) is 4.63. The molecule has 2 saturated carbocycles. The molecule has 2 fully saturated rings. The first kappa shape index (κ1) is 16.4. The molecule has 0 N–H and O–H groups in total. The van der Waals surface area contributed by atoms with E-state index in [1.165, 1.54) is 89.9 Å². The third-order valence-corrected chi connectivity index (χ3v) is 5.97. The standard InChI is InChI=1S/C20H38/c1-2-4-8-12-16-20-18-14-10-6-5-9-13-17-19(20)15-11-7-3-1/h19-20H,1-18H2/t19-,20+. The highest BCUT2D eigenvalue weighted by atomic mass is 14.3. The summed E-state index contributed by atoms with van der Waals surface area (Å²) in [6, 6.07) is 0. The van der Waals surface area contributed by atoms with Crippen molar-refractivity contribution in [1.29, 1.82) is 0 Å². The molecule has 0 aromatic rings. The summed E-state index contributed by atoms with van der Waals surface area (Å²) in [5, 5.41) is 0. The average molecular weight is 279 g/mol. The Kier molecular flexibility index (Phi) is 8.75. The van der Waals surface area contributed by atoms with Crippen LogP contribution in [-0.2, 0) is 0 Å². The summed E-state index contributed by atoms with van der Waals surface area (Å²) in [6.07, 6.45) is 27.5. The Balaban J connectivity index is 1.87. The van der Waals surface area contributed by atoms with Gasteiger partial charge in [-0.3, -0.25) is 0 Å². The van der Waals surface area contributed by atoms with Crippen molar-refractivity contribution in [3.05, 3.63) is 0 Å². The van der Waals surface area contributed by atoms with Crippen LogP contribution < -0.4 is 0 Å². The highest BCUT2D eigenvalue weighted by Crippen LogP contribution is 2.34. The molecule has 0 amide bonds. The van der Waals surface area contributed by atoms with Gasteiger partial charge in [-0.15, -0.1) is 0 Å². The fraction of sp³-hybridized carbons (Fsp3) is 1.00. The Labute approximate surface area is 128 Å². The van der Waals surface area contributed by atoms with Gasteiger partial charge in [0.15, 0.2) is 0 Å². The molecular formula is C20H38. The van der Waals surface area contributed by atoms with Crippen molar-refractivity contribution < 1.29 is 0 Å². The van der Waals surface area contributed by atoms with Crippen molar-refractivity contribution in [2.45, 2.75) is 116 Å². The highest BCUT2D eigenvalue weighted by molar-refractivity contribution is 4.73. The summed E-state index contributed by atoms with van der Waals surface area (Å²) in [4.78, 5) is 0. The van der Waals surface area contributed by atoms with E-state index in [0.29, 0.717) is 0 Å². The lowest BCUT2D eigenvalue weighted by Crippen LogP contribution is -2.16. The molecule has 2 atom stereocenters. The van der Waals surface area contributed by atoms with Crippen LogP contribution in [0, 0.1) is 11.8 Å². The zero-order valence-corrected chi connectivity index (χ0v) is 13.9. The van der Waals surface area contributed by atoms with Crippen molar-refractivity contribution in [2.75, 3.05) is 0 Å². The first-order chi connectivity index (χ1) is 9.97. The second-order valence-corrected chi connectivity index (χ2v) is 7.62. The van der Waals surface area contributed by atoms with Crippen LogP contribution in [0.3, 0.4) is 0 Å². The Bertz CT molecular complexity index is 196. The summed E-state index contributed by atoms with van der Waals surface area (Å²) in [5.74, 6) is 2.18. The van der Waals surface area contributed by atoms with Crippen LogP contribution >= 0.6 is 0 Å². The lowest BCUT2D eigenvalue weighted by molar-refractivity contribution is 0.230. The van der Waals surface area contributed by atoms with Gasteiger partial charge in [0.1, 0.15) is 0 Å². The monoisotopic (exact) mass is 278 g/mol. The van der Waals surface area contributed by atoms with E-state index < -0.39 is 0 Å². The third kappa shape index (κ3) is 6.64. The molecule has 0 spiro atoms. The maximum absolute atomic E-state index is 1.56. The molecule has 0 radical (unpaired) electrons. The molecular weight excluding hydrogens is 240 g/mol. The topological polar surface area (TPSA) is 0 Å². The summed E-state index contributed by atoms with van der Waals surface area (Å²) >= 11 is 0. The third-order valence-electron chi connectivity index (χ3n) is 5.97. The molecule has 0 bridgehead atoms. The SMILES string of the molecule is C1CCCCC[C@H]2CCCCCCCC[C@H]2CCCC1. The van der Waals surface area contributed by atoms with E-state index in [0.717, 1.165) is 11.8 Å². The number of rotatable bonds is 0. The highest BCUT2D eigenvalue weighted by Gasteiger charge is 2.21. The van der Waals surface area contributed by atoms with Crippen molar-refractivity contribution in [3.8, 4) is 0 Å². The quantitative estimate of drug-likeness (QED) is 0.437. The lowest BCUT2D eigenvalue weighted by Gasteiger charge is -2.29. The van der Waals surface area contributed by atoms with Gasteiger partial charge < -0.3 is 0 Å². The van der Waals surface area contributed by atoms with Crippen LogP contribution in [0.2, 0.25) is 0 Å². The normalized spacial score (nSPS) is 32.4. The number of fused-ring (bicyclic) bond motifs is 1. The van der Waals surface area contributed by atoms with E-state index in [1.807, 2.05) is 0 Å². The molecule has 0 aliphatic heterocycles. The summed E-state index contributed by atoms with van der Waals surface area (Å²) < 4.78 is 0. The molecule has 2 aliphatic carbocycles. The maximum atomic E-state index is 1.56. The minimum atomic E-state index is 1.09. The van der Waals surface area contributed by atoms with Gasteiger partial charge in [-0.2, -0.15) is 0 Å². The molecule has 0 saturated heterocycles. The molecule has 0 heteroatoms. The van der Waals surface area contributed by atoms with Crippen LogP contribution in [-0.4, -0.2) is 0 Å². The molecule has 0 aromatic heterocycles. The molecule has 0 unspecified atom stereocenters. The maximum Gasteiger partial charge on any atom is -0.0386 e. The predicted molar refractivity (Wildman–Crippen MR) is 90.1 cm³/mol. The van der Waals surface area contributed by atoms with Crippen LogP contribution in [0.5, 0.6) is 0 Å². The molecule has 0 aromatic carbocycles. The van der Waals surface area contributed by atoms with Gasteiger partial charge in [-0.05, 0) is 11.8 Å². The zero-order chi connectivity index (χ0) is 13.9. The number of hydrogen-bond donors (Lipinski definition) is 0. The predicted octanol–water partition coefficient (Wildman–Crippen LogP) is 7.27. The first-order valence-electron chi connectivity index (χ1n) is 9.97. The molecule has 0 heterocycles. The van der Waals surface area contributed by atoms with E-state index in [1.54, 1.807) is 25.7 Å². The molecule has 2 aliphatic rings. The van der Waals surface area contributed by atoms with Crippen LogP contribution in [0.4, 0.5) is 0 Å². The van der Waals surface area contributed by atoms with Crippen LogP contribution in [0.15, 0.2) is 0 Å². The van der Waals surface area contributed by atoms with Gasteiger partial charge in [-0.25, -0.2) is 0 Å². The summed E-state index contributed by atoms with van der Waals surface area (Å²) in [6.45, 7) is 0. The van der Waals surface area contributed by atoms with E-state index >= 15 is 0 Å².